The van der Waals surface area contributed by atoms with E-state index in [-0.39, 0.29) is 25.2 Å². The number of carbonyl (C=O) groups is 3. The highest BCUT2D eigenvalue weighted by Gasteiger charge is 2.76. The summed E-state index contributed by atoms with van der Waals surface area (Å²) in [4.78, 5) is 41.8. The van der Waals surface area contributed by atoms with Crippen molar-refractivity contribution in [3.05, 3.63) is 47.3 Å². The van der Waals surface area contributed by atoms with Gasteiger partial charge in [-0.25, -0.2) is 4.79 Å². The van der Waals surface area contributed by atoms with Gasteiger partial charge in [-0.3, -0.25) is 9.59 Å². The summed E-state index contributed by atoms with van der Waals surface area (Å²) in [6, 6.07) is 0. The zero-order valence-electron chi connectivity index (χ0n) is 31.6. The first kappa shape index (κ1) is 41.9. The molecule has 0 saturated carbocycles. The molecular weight excluding hydrogens is 737 g/mol. The lowest BCUT2D eigenvalue weighted by molar-refractivity contribution is -0.339. The first-order valence-corrected chi connectivity index (χ1v) is 19.9. The van der Waals surface area contributed by atoms with Gasteiger partial charge in [0.1, 0.15) is 22.9 Å². The minimum Gasteiger partial charge on any atom is -0.466 e. The summed E-state index contributed by atoms with van der Waals surface area (Å²) in [5.74, 6) is -10.6. The van der Waals surface area contributed by atoms with Crippen LogP contribution in [0, 0.1) is 23.2 Å². The van der Waals surface area contributed by atoms with Crippen molar-refractivity contribution in [2.24, 2.45) is 23.2 Å². The first-order valence-electron chi connectivity index (χ1n) is 18.5. The lowest BCUT2D eigenvalue weighted by Gasteiger charge is -2.55. The van der Waals surface area contributed by atoms with Crippen LogP contribution < -0.4 is 0 Å². The fourth-order valence-electron chi connectivity index (χ4n) is 8.58. The molecule has 1 spiro atoms. The largest absolute Gasteiger partial charge is 0.534 e. The Hall–Kier alpha value is -3.21. The van der Waals surface area contributed by atoms with Crippen molar-refractivity contribution in [1.29, 1.82) is 0 Å². The molecule has 6 atom stereocenters. The van der Waals surface area contributed by atoms with E-state index in [1.54, 1.807) is 26.8 Å². The maximum Gasteiger partial charge on any atom is 0.534 e. The zero-order chi connectivity index (χ0) is 39.7. The van der Waals surface area contributed by atoms with Crippen LogP contribution in [0.25, 0.3) is 0 Å². The minimum atomic E-state index is -6.40. The summed E-state index contributed by atoms with van der Waals surface area (Å²) in [6.07, 6.45) is 11.5. The summed E-state index contributed by atoms with van der Waals surface area (Å²) in [7, 11) is -5.43. The van der Waals surface area contributed by atoms with Crippen LogP contribution in [0.3, 0.4) is 0 Å². The Labute approximate surface area is 314 Å². The third-order valence-electron chi connectivity index (χ3n) is 10.7. The molecule has 3 aliphatic heterocycles. The number of halogens is 3. The second-order valence-electron chi connectivity index (χ2n) is 15.4. The molecule has 3 saturated heterocycles. The van der Waals surface area contributed by atoms with E-state index in [2.05, 4.69) is 0 Å². The van der Waals surface area contributed by atoms with Crippen LogP contribution >= 0.6 is 0 Å². The van der Waals surface area contributed by atoms with Crippen LogP contribution in [0.2, 0.25) is 0 Å². The number of hydrogen-bond donors (Lipinski definition) is 0. The van der Waals surface area contributed by atoms with Gasteiger partial charge in [0.2, 0.25) is 5.79 Å². The summed E-state index contributed by atoms with van der Waals surface area (Å²) in [5, 5.41) is 0. The second kappa shape index (κ2) is 15.7. The van der Waals surface area contributed by atoms with E-state index in [0.29, 0.717) is 25.7 Å². The molecule has 2 aliphatic carbocycles. The van der Waals surface area contributed by atoms with E-state index < -0.39 is 104 Å². The molecule has 5 aliphatic rings. The third-order valence-corrected chi connectivity index (χ3v) is 11.7. The number of rotatable bonds is 15. The molecule has 3 fully saturated rings. The first-order chi connectivity index (χ1) is 25.3. The number of unbranched alkanes of at least 4 members (excludes halogenated alkanes) is 3. The van der Waals surface area contributed by atoms with E-state index in [4.69, 9.17) is 32.6 Å². The molecule has 0 unspecified atom stereocenters. The smallest absolute Gasteiger partial charge is 0.466 e. The summed E-state index contributed by atoms with van der Waals surface area (Å²) >= 11 is 0. The third kappa shape index (κ3) is 7.90. The minimum absolute atomic E-state index is 0.0409. The predicted octanol–water partition coefficient (Wildman–Crippen LogP) is 6.86. The van der Waals surface area contributed by atoms with Crippen LogP contribution in [0.4, 0.5) is 13.2 Å². The Morgan fingerprint density at radius 1 is 1.02 bits per heavy atom. The van der Waals surface area contributed by atoms with Gasteiger partial charge in [-0.2, -0.15) is 21.6 Å². The normalized spacial score (nSPS) is 30.7. The highest BCUT2D eigenvalue weighted by Crippen LogP contribution is 2.68. The van der Waals surface area contributed by atoms with Gasteiger partial charge in [0.05, 0.1) is 38.2 Å². The molecule has 0 radical (unpaired) electrons. The molecule has 0 aromatic rings. The molecule has 54 heavy (non-hydrogen) atoms. The van der Waals surface area contributed by atoms with Gasteiger partial charge in [-0.15, -0.1) is 0 Å². The van der Waals surface area contributed by atoms with Crippen LogP contribution in [0.5, 0.6) is 0 Å². The quantitative estimate of drug-likeness (QED) is 0.0426. The average molecular weight is 789 g/mol. The maximum atomic E-state index is 14.5. The molecule has 0 N–H and O–H groups in total. The Balaban J connectivity index is 1.76. The molecule has 0 aromatic heterocycles. The number of alkyl halides is 3. The Morgan fingerprint density at radius 2 is 1.69 bits per heavy atom. The predicted molar refractivity (Wildman–Crippen MR) is 186 cm³/mol. The van der Waals surface area contributed by atoms with Gasteiger partial charge in [-0.05, 0) is 78.6 Å². The van der Waals surface area contributed by atoms with Crippen LogP contribution in [-0.4, -0.2) is 75.4 Å². The molecule has 5 bridgehead atoms. The van der Waals surface area contributed by atoms with E-state index in [1.807, 2.05) is 38.2 Å². The zero-order valence-corrected chi connectivity index (χ0v) is 32.4. The van der Waals surface area contributed by atoms with Crippen molar-refractivity contribution in [3.8, 4) is 0 Å². The van der Waals surface area contributed by atoms with E-state index in [1.165, 1.54) is 0 Å². The van der Waals surface area contributed by atoms with Crippen molar-refractivity contribution < 1.29 is 68.6 Å². The molecule has 5 rings (SSSR count). The molecule has 302 valence electrons. The highest BCUT2D eigenvalue weighted by atomic mass is 32.2. The van der Waals surface area contributed by atoms with Gasteiger partial charge in [0.15, 0.2) is 5.79 Å². The molecule has 0 aromatic carbocycles. The highest BCUT2D eigenvalue weighted by molar-refractivity contribution is 7.87. The number of ether oxygens (including phenoxy) is 6. The molecular formula is C38H51F3O12S. The van der Waals surface area contributed by atoms with E-state index in [9.17, 15) is 36.0 Å². The van der Waals surface area contributed by atoms with Gasteiger partial charge < -0.3 is 32.6 Å². The lowest BCUT2D eigenvalue weighted by atomic mass is 9.60. The Kier molecular flexibility index (Phi) is 12.2. The van der Waals surface area contributed by atoms with Crippen LogP contribution in [-0.2, 0) is 57.1 Å². The average Bonchev–Trinajstić information content (AvgIpc) is 3.62. The van der Waals surface area contributed by atoms with Crippen LogP contribution in [0.1, 0.15) is 98.8 Å². The standard InChI is InChI=1S/C38H51F3O12S/c1-7-9-11-12-13-14-16-24-20-27-35(23-29(42)51-34(3,4)5)22-26(32(43)47-6)31(53-54(45,46)38(39,40)41)30-25(24)21-28(50-37(27,30)52-33(35)44)36(17-15-10-8-2)48-18-19-49-36/h7-10,20,24-25,28,30H,11-19,21-23H2,1-6H3/b9-7+,10-8+/t24-,25-,28-,30+,35-,37-/m1/s1. The van der Waals surface area contributed by atoms with Gasteiger partial charge in [0.25, 0.3) is 0 Å². The summed E-state index contributed by atoms with van der Waals surface area (Å²) < 4.78 is 109. The second-order valence-corrected chi connectivity index (χ2v) is 17.0. The lowest BCUT2D eigenvalue weighted by Crippen LogP contribution is -2.63. The van der Waals surface area contributed by atoms with Gasteiger partial charge in [0, 0.05) is 18.4 Å². The monoisotopic (exact) mass is 788 g/mol. The molecule has 0 amide bonds. The summed E-state index contributed by atoms with van der Waals surface area (Å²) in [6.45, 7) is 9.06. The topological polar surface area (TPSA) is 150 Å². The van der Waals surface area contributed by atoms with Crippen molar-refractivity contribution in [2.45, 2.75) is 128 Å². The van der Waals surface area contributed by atoms with Gasteiger partial charge >= 0.3 is 33.5 Å². The van der Waals surface area contributed by atoms with Crippen molar-refractivity contribution in [3.63, 3.8) is 0 Å². The van der Waals surface area contributed by atoms with E-state index >= 15 is 0 Å². The van der Waals surface area contributed by atoms with Crippen LogP contribution in [0.15, 0.2) is 47.3 Å². The van der Waals surface area contributed by atoms with Crippen molar-refractivity contribution in [2.75, 3.05) is 20.3 Å². The fourth-order valence-corrected chi connectivity index (χ4v) is 9.11. The maximum absolute atomic E-state index is 14.5. The number of esters is 3. The summed E-state index contributed by atoms with van der Waals surface area (Å²) in [5.41, 5.74) is -9.55. The Bertz CT molecular complexity index is 1680. The molecule has 3 heterocycles. The Morgan fingerprint density at radius 3 is 2.30 bits per heavy atom. The number of allylic oxidation sites excluding steroid dienone is 5. The van der Waals surface area contributed by atoms with Crippen molar-refractivity contribution >= 4 is 28.0 Å². The fraction of sp³-hybridized carbons (Fsp3) is 0.711. The molecule has 12 nitrogen and oxygen atoms in total. The number of hydrogen-bond acceptors (Lipinski definition) is 12. The van der Waals surface area contributed by atoms with Gasteiger partial charge in [-0.1, -0.05) is 43.2 Å². The van der Waals surface area contributed by atoms with E-state index in [0.717, 1.165) is 26.4 Å². The molecule has 16 heteroatoms. The van der Waals surface area contributed by atoms with Crippen molar-refractivity contribution in [1.82, 2.24) is 0 Å². The number of methoxy groups -OCH3 is 1. The number of carbonyl (C=O) groups excluding carboxylic acids is 3. The SMILES string of the molecule is C/C=C/CCCCC[C@@H]1C=C2[C@]3(CC(=O)OC(C)(C)C)CC(C(=O)OC)=C(OS(=O)(=O)C(F)(F)F)[C@@H]4[C@@H]1C[C@H](C1(CC/C=C/C)OCCO1)O[C@@]24OC3=O.